The summed E-state index contributed by atoms with van der Waals surface area (Å²) in [5.74, 6) is 0.263. The molecule has 1 atom stereocenters. The molecule has 0 saturated carbocycles. The number of benzene rings is 1. The van der Waals surface area contributed by atoms with Gasteiger partial charge >= 0.3 is 5.97 Å². The van der Waals surface area contributed by atoms with Gasteiger partial charge < -0.3 is 20.7 Å². The maximum Gasteiger partial charge on any atom is 0.340 e. The van der Waals surface area contributed by atoms with Crippen molar-refractivity contribution in [3.8, 4) is 0 Å². The molecule has 0 spiro atoms. The number of hydrogen-bond donors (Lipinski definition) is 2. The molecule has 0 bridgehead atoms. The summed E-state index contributed by atoms with van der Waals surface area (Å²) < 4.78 is 4.80. The molecule has 0 aliphatic carbocycles. The van der Waals surface area contributed by atoms with E-state index in [0.717, 1.165) is 31.9 Å². The lowest BCUT2D eigenvalue weighted by molar-refractivity contribution is 0.0602. The van der Waals surface area contributed by atoms with Crippen LogP contribution in [-0.4, -0.2) is 44.2 Å². The number of nitrogen functional groups attached to an aromatic ring is 1. The van der Waals surface area contributed by atoms with Gasteiger partial charge in [-0.25, -0.2) is 4.79 Å². The molecule has 5 heteroatoms. The van der Waals surface area contributed by atoms with E-state index in [9.17, 15) is 4.79 Å². The maximum atomic E-state index is 11.8. The predicted molar refractivity (Wildman–Crippen MR) is 80.9 cm³/mol. The summed E-state index contributed by atoms with van der Waals surface area (Å²) in [4.78, 5) is 14.2. The lowest BCUT2D eigenvalue weighted by atomic mass is 10.1. The highest BCUT2D eigenvalue weighted by atomic mass is 16.5. The Morgan fingerprint density at radius 3 is 3.00 bits per heavy atom. The molecule has 1 fully saturated rings. The summed E-state index contributed by atoms with van der Waals surface area (Å²) in [5, 5.41) is 3.36. The lowest BCUT2D eigenvalue weighted by Crippen LogP contribution is -2.23. The van der Waals surface area contributed by atoms with E-state index in [0.29, 0.717) is 17.2 Å². The summed E-state index contributed by atoms with van der Waals surface area (Å²) in [6.45, 7) is 6.43. The summed E-state index contributed by atoms with van der Waals surface area (Å²) in [6.07, 6.45) is 1.20. The Bertz CT molecular complexity index is 476. The minimum Gasteiger partial charge on any atom is -0.465 e. The Balaban J connectivity index is 2.00. The number of nitrogens with one attached hydrogen (secondary N) is 1. The molecular weight excluding hydrogens is 254 g/mol. The Kier molecular flexibility index (Phi) is 4.84. The van der Waals surface area contributed by atoms with Crippen LogP contribution in [0.5, 0.6) is 0 Å². The van der Waals surface area contributed by atoms with Crippen LogP contribution < -0.4 is 11.1 Å². The van der Waals surface area contributed by atoms with Gasteiger partial charge in [-0.1, -0.05) is 6.92 Å². The number of nitrogens with two attached hydrogens (primary N) is 1. The second-order valence-electron chi connectivity index (χ2n) is 5.23. The molecule has 1 aliphatic rings. The van der Waals surface area contributed by atoms with Crippen molar-refractivity contribution >= 4 is 17.3 Å². The highest BCUT2D eigenvalue weighted by molar-refractivity contribution is 5.96. The minimum atomic E-state index is -0.360. The third kappa shape index (κ3) is 3.42. The van der Waals surface area contributed by atoms with Crippen LogP contribution >= 0.6 is 0 Å². The zero-order chi connectivity index (χ0) is 14.5. The maximum absolute atomic E-state index is 11.8. The predicted octanol–water partition coefficient (Wildman–Crippen LogP) is 1.81. The van der Waals surface area contributed by atoms with Gasteiger partial charge in [-0.3, -0.25) is 0 Å². The molecule has 1 saturated heterocycles. The topological polar surface area (TPSA) is 67.6 Å². The average Bonchev–Trinajstić information content (AvgIpc) is 2.93. The van der Waals surface area contributed by atoms with Gasteiger partial charge in [0.25, 0.3) is 0 Å². The van der Waals surface area contributed by atoms with Crippen LogP contribution in [-0.2, 0) is 4.74 Å². The molecule has 0 radical (unpaired) electrons. The number of likely N-dealkylation sites (tertiary alicyclic amines) is 1. The van der Waals surface area contributed by atoms with Gasteiger partial charge in [0.05, 0.1) is 12.7 Å². The molecule has 0 amide bonds. The third-order valence-corrected chi connectivity index (χ3v) is 3.85. The van der Waals surface area contributed by atoms with Crippen LogP contribution in [0.2, 0.25) is 0 Å². The van der Waals surface area contributed by atoms with E-state index in [2.05, 4.69) is 17.1 Å². The number of hydrogen-bond acceptors (Lipinski definition) is 5. The first-order valence-electron chi connectivity index (χ1n) is 7.08. The van der Waals surface area contributed by atoms with Crippen LogP contribution in [0.3, 0.4) is 0 Å². The van der Waals surface area contributed by atoms with E-state index in [1.807, 2.05) is 6.07 Å². The number of methoxy groups -OCH3 is 1. The van der Waals surface area contributed by atoms with Gasteiger partial charge in [-0.15, -0.1) is 0 Å². The van der Waals surface area contributed by atoms with Crippen LogP contribution in [0.25, 0.3) is 0 Å². The summed E-state index contributed by atoms with van der Waals surface area (Å²) >= 11 is 0. The lowest BCUT2D eigenvalue weighted by Gasteiger charge is -2.16. The van der Waals surface area contributed by atoms with Gasteiger partial charge in [0.2, 0.25) is 0 Å². The van der Waals surface area contributed by atoms with Crippen LogP contribution in [0.15, 0.2) is 18.2 Å². The van der Waals surface area contributed by atoms with Crippen molar-refractivity contribution in [2.45, 2.75) is 13.3 Å². The Hall–Kier alpha value is -1.75. The molecule has 1 aliphatic heterocycles. The summed E-state index contributed by atoms with van der Waals surface area (Å²) in [7, 11) is 1.38. The number of nitrogens with zero attached hydrogens (tertiary/aromatic N) is 1. The third-order valence-electron chi connectivity index (χ3n) is 3.85. The number of anilines is 2. The van der Waals surface area contributed by atoms with E-state index >= 15 is 0 Å². The quantitative estimate of drug-likeness (QED) is 0.634. The number of carbonyl (C=O) groups is 1. The molecule has 1 aromatic carbocycles. The number of ether oxygens (including phenoxy) is 1. The van der Waals surface area contributed by atoms with Crippen molar-refractivity contribution in [3.63, 3.8) is 0 Å². The normalized spacial score (nSPS) is 19.0. The first-order chi connectivity index (χ1) is 9.63. The van der Waals surface area contributed by atoms with E-state index in [4.69, 9.17) is 10.5 Å². The van der Waals surface area contributed by atoms with Crippen molar-refractivity contribution in [2.75, 3.05) is 44.3 Å². The number of rotatable bonds is 5. The van der Waals surface area contributed by atoms with Gasteiger partial charge in [0.15, 0.2) is 0 Å². The van der Waals surface area contributed by atoms with Crippen molar-refractivity contribution in [3.05, 3.63) is 23.8 Å². The summed E-state index contributed by atoms with van der Waals surface area (Å²) in [5.41, 5.74) is 7.59. The molecule has 20 heavy (non-hydrogen) atoms. The smallest absolute Gasteiger partial charge is 0.340 e. The largest absolute Gasteiger partial charge is 0.465 e. The van der Waals surface area contributed by atoms with E-state index in [1.54, 1.807) is 12.1 Å². The molecule has 1 unspecified atom stereocenters. The molecule has 1 aromatic rings. The van der Waals surface area contributed by atoms with Crippen molar-refractivity contribution in [1.82, 2.24) is 4.90 Å². The second-order valence-corrected chi connectivity index (χ2v) is 5.23. The van der Waals surface area contributed by atoms with Gasteiger partial charge in [0, 0.05) is 24.5 Å². The van der Waals surface area contributed by atoms with Crippen LogP contribution in [0.1, 0.15) is 23.7 Å². The van der Waals surface area contributed by atoms with E-state index in [1.165, 1.54) is 13.5 Å². The Morgan fingerprint density at radius 2 is 2.35 bits per heavy atom. The fourth-order valence-corrected chi connectivity index (χ4v) is 2.62. The highest BCUT2D eigenvalue weighted by Crippen LogP contribution is 2.22. The van der Waals surface area contributed by atoms with Crippen molar-refractivity contribution in [2.24, 2.45) is 5.92 Å². The Labute approximate surface area is 120 Å². The molecule has 5 nitrogen and oxygen atoms in total. The standard InChI is InChI=1S/C15H23N3O2/c1-3-18-7-6-11(10-18)9-17-14-5-4-12(16)8-13(14)15(19)20-2/h4-5,8,11,17H,3,6-7,9-10,16H2,1-2H3. The molecule has 1 heterocycles. The van der Waals surface area contributed by atoms with Crippen molar-refractivity contribution < 1.29 is 9.53 Å². The highest BCUT2D eigenvalue weighted by Gasteiger charge is 2.21. The SMILES string of the molecule is CCN1CCC(CNc2ccc(N)cc2C(=O)OC)C1. The zero-order valence-corrected chi connectivity index (χ0v) is 12.2. The molecular formula is C15H23N3O2. The van der Waals surface area contributed by atoms with Gasteiger partial charge in [-0.05, 0) is 43.6 Å². The minimum absolute atomic E-state index is 0.360. The average molecular weight is 277 g/mol. The van der Waals surface area contributed by atoms with E-state index < -0.39 is 0 Å². The second kappa shape index (κ2) is 6.61. The number of carbonyl (C=O) groups excluding carboxylic acids is 1. The van der Waals surface area contributed by atoms with Crippen molar-refractivity contribution in [1.29, 1.82) is 0 Å². The molecule has 0 aromatic heterocycles. The zero-order valence-electron chi connectivity index (χ0n) is 12.2. The monoisotopic (exact) mass is 277 g/mol. The fourth-order valence-electron chi connectivity index (χ4n) is 2.62. The van der Waals surface area contributed by atoms with E-state index in [-0.39, 0.29) is 5.97 Å². The van der Waals surface area contributed by atoms with Crippen LogP contribution in [0.4, 0.5) is 11.4 Å². The molecule has 3 N–H and O–H groups in total. The Morgan fingerprint density at radius 1 is 1.55 bits per heavy atom. The summed E-state index contributed by atoms with van der Waals surface area (Å²) in [6, 6.07) is 5.29. The molecule has 110 valence electrons. The fraction of sp³-hybridized carbons (Fsp3) is 0.533. The first-order valence-corrected chi connectivity index (χ1v) is 7.08. The first kappa shape index (κ1) is 14.7. The molecule has 2 rings (SSSR count). The van der Waals surface area contributed by atoms with Gasteiger partial charge in [0.1, 0.15) is 0 Å². The number of esters is 1. The van der Waals surface area contributed by atoms with Gasteiger partial charge in [-0.2, -0.15) is 0 Å². The van der Waals surface area contributed by atoms with Crippen LogP contribution in [0, 0.1) is 5.92 Å².